The molecular weight excluding hydrogens is 339 g/mol. The Bertz CT molecular complexity index is 651. The second-order valence-corrected chi connectivity index (χ2v) is 4.87. The third-order valence-corrected chi connectivity index (χ3v) is 3.21. The maximum atomic E-state index is 11.8. The van der Waals surface area contributed by atoms with E-state index in [1.807, 2.05) is 0 Å². The highest BCUT2D eigenvalue weighted by Gasteiger charge is 2.10. The average Bonchev–Trinajstić information content (AvgIpc) is 2.55. The largest absolute Gasteiger partial charge is 0.462 e. The minimum Gasteiger partial charge on any atom is -0.462 e. The molecule has 0 saturated carbocycles. The fourth-order valence-corrected chi connectivity index (χ4v) is 1.96. The Labute approximate surface area is 145 Å². The molecule has 1 aromatic heterocycles. The SMILES string of the molecule is Cl.O=C(NCCCOC(=O)c1ccccc1Cl)c1ccncc1. The van der Waals surface area contributed by atoms with E-state index in [1.54, 1.807) is 48.8 Å². The van der Waals surface area contributed by atoms with Gasteiger partial charge in [0.05, 0.1) is 17.2 Å². The number of nitrogens with one attached hydrogen (secondary N) is 1. The Morgan fingerprint density at radius 1 is 1.13 bits per heavy atom. The minimum absolute atomic E-state index is 0. The lowest BCUT2D eigenvalue weighted by molar-refractivity contribution is 0.0501. The van der Waals surface area contributed by atoms with Gasteiger partial charge in [0.25, 0.3) is 5.91 Å². The van der Waals surface area contributed by atoms with Gasteiger partial charge in [0.1, 0.15) is 0 Å². The van der Waals surface area contributed by atoms with Crippen LogP contribution in [-0.2, 0) is 4.74 Å². The van der Waals surface area contributed by atoms with Gasteiger partial charge >= 0.3 is 5.97 Å². The zero-order chi connectivity index (χ0) is 15.8. The van der Waals surface area contributed by atoms with E-state index in [0.29, 0.717) is 29.1 Å². The maximum Gasteiger partial charge on any atom is 0.339 e. The molecule has 0 saturated heterocycles. The summed E-state index contributed by atoms with van der Waals surface area (Å²) in [5.41, 5.74) is 0.882. The van der Waals surface area contributed by atoms with E-state index in [4.69, 9.17) is 16.3 Å². The molecular formula is C16H16Cl2N2O3. The van der Waals surface area contributed by atoms with Crippen molar-refractivity contribution in [3.63, 3.8) is 0 Å². The number of hydrogen-bond acceptors (Lipinski definition) is 4. The van der Waals surface area contributed by atoms with E-state index in [-0.39, 0.29) is 24.9 Å². The van der Waals surface area contributed by atoms with Gasteiger partial charge in [-0.05, 0) is 30.7 Å². The van der Waals surface area contributed by atoms with Crippen LogP contribution in [0.2, 0.25) is 5.02 Å². The highest BCUT2D eigenvalue weighted by molar-refractivity contribution is 6.33. The van der Waals surface area contributed by atoms with Crippen LogP contribution in [0.5, 0.6) is 0 Å². The monoisotopic (exact) mass is 354 g/mol. The van der Waals surface area contributed by atoms with Gasteiger partial charge in [0.15, 0.2) is 0 Å². The summed E-state index contributed by atoms with van der Waals surface area (Å²) in [7, 11) is 0. The molecule has 23 heavy (non-hydrogen) atoms. The third kappa shape index (κ3) is 5.88. The highest BCUT2D eigenvalue weighted by Crippen LogP contribution is 2.15. The number of ether oxygens (including phenoxy) is 1. The molecule has 1 heterocycles. The Balaban J connectivity index is 0.00000264. The molecule has 0 bridgehead atoms. The molecule has 0 aliphatic rings. The number of esters is 1. The topological polar surface area (TPSA) is 68.3 Å². The minimum atomic E-state index is -0.467. The second-order valence-electron chi connectivity index (χ2n) is 4.46. The first-order chi connectivity index (χ1) is 10.7. The molecule has 2 aromatic rings. The smallest absolute Gasteiger partial charge is 0.339 e. The fourth-order valence-electron chi connectivity index (χ4n) is 1.75. The first-order valence-electron chi connectivity index (χ1n) is 6.78. The summed E-state index contributed by atoms with van der Waals surface area (Å²) in [6.45, 7) is 0.623. The molecule has 2 rings (SSSR count). The lowest BCUT2D eigenvalue weighted by Gasteiger charge is -2.07. The average molecular weight is 355 g/mol. The van der Waals surface area contributed by atoms with Gasteiger partial charge in [0.2, 0.25) is 0 Å². The molecule has 1 amide bonds. The van der Waals surface area contributed by atoms with Gasteiger partial charge in [0, 0.05) is 24.5 Å². The number of rotatable bonds is 6. The predicted octanol–water partition coefficient (Wildman–Crippen LogP) is 3.13. The van der Waals surface area contributed by atoms with Crippen molar-refractivity contribution in [1.82, 2.24) is 10.3 Å². The standard InChI is InChI=1S/C16H15ClN2O3.ClH/c17-14-5-2-1-4-13(14)16(21)22-11-3-8-19-15(20)12-6-9-18-10-7-12;/h1-2,4-7,9-10H,3,8,11H2,(H,19,20);1H. The van der Waals surface area contributed by atoms with E-state index in [1.165, 1.54) is 0 Å². The number of amides is 1. The van der Waals surface area contributed by atoms with Gasteiger partial charge in [-0.1, -0.05) is 23.7 Å². The van der Waals surface area contributed by atoms with Gasteiger partial charge < -0.3 is 10.1 Å². The predicted molar refractivity (Wildman–Crippen MR) is 90.2 cm³/mol. The van der Waals surface area contributed by atoms with Crippen LogP contribution in [0.15, 0.2) is 48.8 Å². The van der Waals surface area contributed by atoms with Crippen molar-refractivity contribution < 1.29 is 14.3 Å². The molecule has 0 aliphatic heterocycles. The van der Waals surface area contributed by atoms with Crippen LogP contribution in [0.4, 0.5) is 0 Å². The summed E-state index contributed by atoms with van der Waals surface area (Å²) in [6.07, 6.45) is 3.63. The number of carbonyl (C=O) groups is 2. The van der Waals surface area contributed by atoms with Gasteiger partial charge in [-0.3, -0.25) is 9.78 Å². The van der Waals surface area contributed by atoms with Crippen molar-refractivity contribution in [2.24, 2.45) is 0 Å². The lowest BCUT2D eigenvalue weighted by atomic mass is 10.2. The van der Waals surface area contributed by atoms with Crippen molar-refractivity contribution in [2.45, 2.75) is 6.42 Å². The summed E-state index contributed by atoms with van der Waals surface area (Å²) in [5.74, 6) is -0.647. The van der Waals surface area contributed by atoms with E-state index in [9.17, 15) is 9.59 Å². The van der Waals surface area contributed by atoms with Crippen molar-refractivity contribution >= 4 is 35.9 Å². The molecule has 7 heteroatoms. The molecule has 1 aromatic carbocycles. The van der Waals surface area contributed by atoms with Crippen LogP contribution in [-0.4, -0.2) is 30.0 Å². The van der Waals surface area contributed by atoms with Gasteiger partial charge in [-0.2, -0.15) is 0 Å². The van der Waals surface area contributed by atoms with Crippen molar-refractivity contribution in [3.8, 4) is 0 Å². The molecule has 0 atom stereocenters. The summed E-state index contributed by atoms with van der Waals surface area (Å²) >= 11 is 5.91. The summed E-state index contributed by atoms with van der Waals surface area (Å²) in [5, 5.41) is 3.10. The number of aromatic nitrogens is 1. The van der Waals surface area contributed by atoms with Crippen molar-refractivity contribution in [2.75, 3.05) is 13.2 Å². The number of benzene rings is 1. The maximum absolute atomic E-state index is 11.8. The van der Waals surface area contributed by atoms with E-state index >= 15 is 0 Å². The third-order valence-electron chi connectivity index (χ3n) is 2.88. The van der Waals surface area contributed by atoms with Crippen LogP contribution >= 0.6 is 24.0 Å². The highest BCUT2D eigenvalue weighted by atomic mass is 35.5. The van der Waals surface area contributed by atoms with Crippen LogP contribution in [0.3, 0.4) is 0 Å². The van der Waals surface area contributed by atoms with Gasteiger partial charge in [-0.15, -0.1) is 12.4 Å². The number of halogens is 2. The number of carbonyl (C=O) groups excluding carboxylic acids is 2. The van der Waals surface area contributed by atoms with Crippen LogP contribution in [0.1, 0.15) is 27.1 Å². The Kier molecular flexibility index (Phi) is 8.08. The molecule has 0 unspecified atom stereocenters. The summed E-state index contributed by atoms with van der Waals surface area (Å²) in [6, 6.07) is 9.97. The molecule has 0 aliphatic carbocycles. The number of pyridine rings is 1. The van der Waals surface area contributed by atoms with Gasteiger partial charge in [-0.25, -0.2) is 4.79 Å². The molecule has 122 valence electrons. The van der Waals surface area contributed by atoms with Crippen LogP contribution in [0.25, 0.3) is 0 Å². The zero-order valence-corrected chi connectivity index (χ0v) is 13.8. The molecule has 1 N–H and O–H groups in total. The molecule has 0 fully saturated rings. The van der Waals surface area contributed by atoms with E-state index in [2.05, 4.69) is 10.3 Å². The molecule has 0 radical (unpaired) electrons. The van der Waals surface area contributed by atoms with Crippen molar-refractivity contribution in [1.29, 1.82) is 0 Å². The quantitative estimate of drug-likeness (QED) is 0.639. The molecule has 5 nitrogen and oxygen atoms in total. The molecule has 0 spiro atoms. The Morgan fingerprint density at radius 3 is 2.52 bits per heavy atom. The van der Waals surface area contributed by atoms with Crippen LogP contribution < -0.4 is 5.32 Å². The number of nitrogens with zero attached hydrogens (tertiary/aromatic N) is 1. The first kappa shape index (κ1) is 18.9. The fraction of sp³-hybridized carbons (Fsp3) is 0.188. The van der Waals surface area contributed by atoms with Crippen LogP contribution in [0, 0.1) is 0 Å². The summed E-state index contributed by atoms with van der Waals surface area (Å²) < 4.78 is 5.11. The van der Waals surface area contributed by atoms with Crippen molar-refractivity contribution in [3.05, 3.63) is 64.9 Å². The zero-order valence-electron chi connectivity index (χ0n) is 12.2. The van der Waals surface area contributed by atoms with E-state index in [0.717, 1.165) is 0 Å². The lowest BCUT2D eigenvalue weighted by Crippen LogP contribution is -2.25. The normalized spacial score (nSPS) is 9.61. The Morgan fingerprint density at radius 2 is 1.83 bits per heavy atom. The number of hydrogen-bond donors (Lipinski definition) is 1. The Hall–Kier alpha value is -2.11. The first-order valence-corrected chi connectivity index (χ1v) is 7.16. The second kappa shape index (κ2) is 9.82. The summed E-state index contributed by atoms with van der Waals surface area (Å²) in [4.78, 5) is 27.4. The van der Waals surface area contributed by atoms with E-state index < -0.39 is 5.97 Å².